The molecule has 1 heterocycles. The molecule has 0 saturated carbocycles. The van der Waals surface area contributed by atoms with Gasteiger partial charge in [0.2, 0.25) is 0 Å². The van der Waals surface area contributed by atoms with Crippen LogP contribution in [-0.4, -0.2) is 21.1 Å². The van der Waals surface area contributed by atoms with Crippen molar-refractivity contribution in [3.05, 3.63) is 46.5 Å². The van der Waals surface area contributed by atoms with Gasteiger partial charge in [0.05, 0.1) is 6.21 Å². The van der Waals surface area contributed by atoms with E-state index in [1.54, 1.807) is 10.9 Å². The maximum Gasteiger partial charge on any atom is 0.151 e. The zero-order chi connectivity index (χ0) is 11.5. The van der Waals surface area contributed by atoms with Gasteiger partial charge in [0.15, 0.2) is 11.6 Å². The molecule has 0 saturated heterocycles. The largest absolute Gasteiger partial charge is 0.202 e. The monoisotopic (exact) mass is 234 g/mol. The van der Waals surface area contributed by atoms with Gasteiger partial charge in [-0.15, -0.1) is 10.2 Å². The molecule has 0 fully saturated rings. The maximum absolute atomic E-state index is 5.79. The van der Waals surface area contributed by atoms with E-state index in [2.05, 4.69) is 15.3 Å². The summed E-state index contributed by atoms with van der Waals surface area (Å²) in [4.78, 5) is 0. The predicted molar refractivity (Wildman–Crippen MR) is 63.9 cm³/mol. The fourth-order valence-electron chi connectivity index (χ4n) is 1.30. The van der Waals surface area contributed by atoms with Crippen LogP contribution in [0.3, 0.4) is 0 Å². The van der Waals surface area contributed by atoms with Crippen LogP contribution in [0.15, 0.2) is 29.4 Å². The maximum atomic E-state index is 5.79. The fourth-order valence-corrected chi connectivity index (χ4v) is 1.43. The Balaban J connectivity index is 2.24. The molecule has 0 bridgehead atoms. The molecule has 82 valence electrons. The summed E-state index contributed by atoms with van der Waals surface area (Å²) in [6.45, 7) is 3.72. The number of benzene rings is 1. The Bertz CT molecular complexity index is 494. The highest BCUT2D eigenvalue weighted by Gasteiger charge is 2.00. The van der Waals surface area contributed by atoms with Crippen molar-refractivity contribution >= 4 is 17.8 Å². The van der Waals surface area contributed by atoms with Gasteiger partial charge in [-0.3, -0.25) is 0 Å². The highest BCUT2D eigenvalue weighted by Crippen LogP contribution is 2.08. The molecule has 0 N–H and O–H groups in total. The molecule has 1 aromatic heterocycles. The molecule has 4 nitrogen and oxygen atoms in total. The molecule has 2 aromatic rings. The summed E-state index contributed by atoms with van der Waals surface area (Å²) in [6.07, 6.45) is 1.75. The first kappa shape index (κ1) is 10.8. The summed E-state index contributed by atoms with van der Waals surface area (Å²) in [5.74, 6) is 1.53. The SMILES string of the molecule is Cc1nnc(C)n1/N=C\c1ccc(Cl)cc1. The van der Waals surface area contributed by atoms with Crippen molar-refractivity contribution in [2.75, 3.05) is 0 Å². The highest BCUT2D eigenvalue weighted by molar-refractivity contribution is 6.30. The summed E-state index contributed by atoms with van der Waals surface area (Å²) < 4.78 is 1.69. The first-order chi connectivity index (χ1) is 7.66. The zero-order valence-corrected chi connectivity index (χ0v) is 9.81. The van der Waals surface area contributed by atoms with Gasteiger partial charge in [0, 0.05) is 5.02 Å². The van der Waals surface area contributed by atoms with Gasteiger partial charge in [0.25, 0.3) is 0 Å². The molecule has 5 heteroatoms. The number of hydrogen-bond acceptors (Lipinski definition) is 3. The van der Waals surface area contributed by atoms with Crippen LogP contribution >= 0.6 is 11.6 Å². The lowest BCUT2D eigenvalue weighted by atomic mass is 10.2. The van der Waals surface area contributed by atoms with Crippen LogP contribution in [0.2, 0.25) is 5.02 Å². The van der Waals surface area contributed by atoms with E-state index in [9.17, 15) is 0 Å². The molecule has 1 aromatic carbocycles. The van der Waals surface area contributed by atoms with E-state index in [0.717, 1.165) is 17.2 Å². The molecule has 0 radical (unpaired) electrons. The Labute approximate surface area is 98.6 Å². The van der Waals surface area contributed by atoms with Crippen molar-refractivity contribution in [3.63, 3.8) is 0 Å². The summed E-state index contributed by atoms with van der Waals surface area (Å²) in [5.41, 5.74) is 0.983. The Kier molecular flexibility index (Phi) is 3.01. The van der Waals surface area contributed by atoms with Crippen LogP contribution in [-0.2, 0) is 0 Å². The molecule has 0 aliphatic rings. The summed E-state index contributed by atoms with van der Waals surface area (Å²) in [7, 11) is 0. The molecule has 0 amide bonds. The van der Waals surface area contributed by atoms with Gasteiger partial charge in [-0.25, -0.2) is 4.68 Å². The Morgan fingerprint density at radius 3 is 2.25 bits per heavy atom. The minimum absolute atomic E-state index is 0.716. The van der Waals surface area contributed by atoms with Crippen molar-refractivity contribution in [1.29, 1.82) is 0 Å². The van der Waals surface area contributed by atoms with Crippen LogP contribution in [0.5, 0.6) is 0 Å². The number of hydrogen-bond donors (Lipinski definition) is 0. The molecule has 0 aliphatic heterocycles. The normalized spacial score (nSPS) is 11.2. The molecule has 0 atom stereocenters. The molecular formula is C11H11ClN4. The van der Waals surface area contributed by atoms with Crippen molar-refractivity contribution in [2.24, 2.45) is 5.10 Å². The number of nitrogens with zero attached hydrogens (tertiary/aromatic N) is 4. The number of aryl methyl sites for hydroxylation is 2. The highest BCUT2D eigenvalue weighted by atomic mass is 35.5. The second kappa shape index (κ2) is 4.45. The molecule has 2 rings (SSSR count). The van der Waals surface area contributed by atoms with Crippen LogP contribution < -0.4 is 0 Å². The van der Waals surface area contributed by atoms with E-state index in [1.165, 1.54) is 0 Å². The molecule has 0 unspecified atom stereocenters. The first-order valence-corrected chi connectivity index (χ1v) is 5.23. The van der Waals surface area contributed by atoms with Crippen LogP contribution in [0, 0.1) is 13.8 Å². The van der Waals surface area contributed by atoms with Crippen LogP contribution in [0.25, 0.3) is 0 Å². The van der Waals surface area contributed by atoms with E-state index in [-0.39, 0.29) is 0 Å². The number of rotatable bonds is 2. The third kappa shape index (κ3) is 2.28. The average Bonchev–Trinajstić information content (AvgIpc) is 2.59. The van der Waals surface area contributed by atoms with E-state index in [4.69, 9.17) is 11.6 Å². The quantitative estimate of drug-likeness (QED) is 0.749. The molecule has 16 heavy (non-hydrogen) atoms. The molecular weight excluding hydrogens is 224 g/mol. The topological polar surface area (TPSA) is 43.1 Å². The lowest BCUT2D eigenvalue weighted by Gasteiger charge is -1.97. The lowest BCUT2D eigenvalue weighted by molar-refractivity contribution is 0.799. The van der Waals surface area contributed by atoms with Crippen LogP contribution in [0.1, 0.15) is 17.2 Å². The molecule has 0 aliphatic carbocycles. The van der Waals surface area contributed by atoms with Crippen molar-refractivity contribution in [2.45, 2.75) is 13.8 Å². The standard InChI is InChI=1S/C11H11ClN4/c1-8-14-15-9(2)16(8)13-7-10-3-5-11(12)6-4-10/h3-7H,1-2H3/b13-7-. The first-order valence-electron chi connectivity index (χ1n) is 4.85. The minimum atomic E-state index is 0.716. The molecule has 0 spiro atoms. The van der Waals surface area contributed by atoms with E-state index in [1.807, 2.05) is 38.1 Å². The lowest BCUT2D eigenvalue weighted by Crippen LogP contribution is -1.96. The van der Waals surface area contributed by atoms with Gasteiger partial charge in [-0.05, 0) is 31.5 Å². The van der Waals surface area contributed by atoms with Gasteiger partial charge in [0.1, 0.15) is 0 Å². The Morgan fingerprint density at radius 2 is 1.69 bits per heavy atom. The second-order valence-corrected chi connectivity index (χ2v) is 3.84. The van der Waals surface area contributed by atoms with Crippen molar-refractivity contribution < 1.29 is 0 Å². The van der Waals surface area contributed by atoms with E-state index < -0.39 is 0 Å². The zero-order valence-electron chi connectivity index (χ0n) is 9.05. The van der Waals surface area contributed by atoms with Gasteiger partial charge >= 0.3 is 0 Å². The number of aromatic nitrogens is 3. The van der Waals surface area contributed by atoms with E-state index >= 15 is 0 Å². The third-order valence-corrected chi connectivity index (χ3v) is 2.40. The number of halogens is 1. The van der Waals surface area contributed by atoms with Gasteiger partial charge in [-0.1, -0.05) is 23.7 Å². The fraction of sp³-hybridized carbons (Fsp3) is 0.182. The smallest absolute Gasteiger partial charge is 0.151 e. The predicted octanol–water partition coefficient (Wildman–Crippen LogP) is 2.43. The Morgan fingerprint density at radius 1 is 1.12 bits per heavy atom. The Hall–Kier alpha value is -1.68. The summed E-state index contributed by atoms with van der Waals surface area (Å²) in [6, 6.07) is 7.46. The third-order valence-electron chi connectivity index (χ3n) is 2.14. The summed E-state index contributed by atoms with van der Waals surface area (Å²) >= 11 is 5.79. The minimum Gasteiger partial charge on any atom is -0.202 e. The van der Waals surface area contributed by atoms with Crippen molar-refractivity contribution in [3.8, 4) is 0 Å². The van der Waals surface area contributed by atoms with Crippen LogP contribution in [0.4, 0.5) is 0 Å². The van der Waals surface area contributed by atoms with Gasteiger partial charge in [-0.2, -0.15) is 5.10 Å². The summed E-state index contributed by atoms with van der Waals surface area (Å²) in [5, 5.41) is 12.8. The second-order valence-electron chi connectivity index (χ2n) is 3.40. The van der Waals surface area contributed by atoms with Crippen molar-refractivity contribution in [1.82, 2.24) is 14.9 Å². The average molecular weight is 235 g/mol. The van der Waals surface area contributed by atoms with Gasteiger partial charge < -0.3 is 0 Å². The van der Waals surface area contributed by atoms with E-state index in [0.29, 0.717) is 5.02 Å².